The Kier molecular flexibility index (Phi) is 3.92. The van der Waals surface area contributed by atoms with Crippen LogP contribution in [-0.2, 0) is 13.6 Å². The van der Waals surface area contributed by atoms with E-state index in [2.05, 4.69) is 26.3 Å². The maximum Gasteiger partial charge on any atom is 0.126 e. The van der Waals surface area contributed by atoms with Crippen LogP contribution < -0.4 is 5.32 Å². The summed E-state index contributed by atoms with van der Waals surface area (Å²) in [6.45, 7) is 2.46. The Balaban J connectivity index is 2.16. The molecule has 0 amide bonds. The summed E-state index contributed by atoms with van der Waals surface area (Å²) in [6.07, 6.45) is 0. The van der Waals surface area contributed by atoms with Gasteiger partial charge in [0.05, 0.1) is 22.4 Å². The molecule has 0 aliphatic carbocycles. The number of rotatable bonds is 3. The molecule has 1 N–H and O–H groups in total. The third-order valence-electron chi connectivity index (χ3n) is 2.58. The quantitative estimate of drug-likeness (QED) is 0.924. The minimum atomic E-state index is -0.356. The van der Waals surface area contributed by atoms with Gasteiger partial charge in [-0.15, -0.1) is 0 Å². The number of hydrogen-bond acceptors (Lipinski definition) is 2. The number of nitrogens with zero attached hydrogens (tertiary/aromatic N) is 2. The molecule has 1 heterocycles. The summed E-state index contributed by atoms with van der Waals surface area (Å²) >= 11 is 9.27. The van der Waals surface area contributed by atoms with E-state index < -0.39 is 0 Å². The number of nitrogens with one attached hydrogen (secondary N) is 1. The van der Waals surface area contributed by atoms with Crippen molar-refractivity contribution in [2.45, 2.75) is 13.5 Å². The van der Waals surface area contributed by atoms with Crippen LogP contribution in [0.25, 0.3) is 0 Å². The van der Waals surface area contributed by atoms with Crippen molar-refractivity contribution >= 4 is 33.2 Å². The maximum absolute atomic E-state index is 13.2. The van der Waals surface area contributed by atoms with Gasteiger partial charge in [0.15, 0.2) is 0 Å². The molecule has 3 nitrogen and oxygen atoms in total. The molecule has 0 saturated heterocycles. The second-order valence-corrected chi connectivity index (χ2v) is 5.21. The highest BCUT2D eigenvalue weighted by atomic mass is 79.9. The summed E-state index contributed by atoms with van der Waals surface area (Å²) < 4.78 is 15.9. The predicted octanol–water partition coefficient (Wildman–Crippen LogP) is 3.90. The van der Waals surface area contributed by atoms with Crippen LogP contribution in [-0.4, -0.2) is 9.78 Å². The summed E-state index contributed by atoms with van der Waals surface area (Å²) in [5.74, 6) is -0.356. The lowest BCUT2D eigenvalue weighted by Crippen LogP contribution is -2.06. The molecule has 0 bridgehead atoms. The topological polar surface area (TPSA) is 29.9 Å². The molecule has 1 aromatic carbocycles. The minimum Gasteiger partial charge on any atom is -0.379 e. The van der Waals surface area contributed by atoms with Crippen LogP contribution in [0.5, 0.6) is 0 Å². The first-order valence-electron chi connectivity index (χ1n) is 5.35. The minimum absolute atomic E-state index is 0.356. The van der Waals surface area contributed by atoms with Crippen LogP contribution in [0.1, 0.15) is 11.4 Å². The molecular formula is C12H12BrClFN3. The number of aryl methyl sites for hydroxylation is 2. The zero-order chi connectivity index (χ0) is 13.3. The first-order chi connectivity index (χ1) is 8.47. The van der Waals surface area contributed by atoms with E-state index in [0.29, 0.717) is 17.3 Å². The Labute approximate surface area is 118 Å². The van der Waals surface area contributed by atoms with Gasteiger partial charge in [-0.05, 0) is 41.1 Å². The summed E-state index contributed by atoms with van der Waals surface area (Å²) in [5, 5.41) is 7.78. The van der Waals surface area contributed by atoms with Crippen molar-refractivity contribution in [3.8, 4) is 0 Å². The van der Waals surface area contributed by atoms with E-state index in [1.54, 1.807) is 10.7 Å². The Hall–Kier alpha value is -1.07. The standard InChI is InChI=1S/C12H12BrClFN3/c1-7-12(13)11(18(2)17-7)6-16-10-4-8(14)3-9(15)5-10/h3-5,16H,6H2,1-2H3. The van der Waals surface area contributed by atoms with Crippen LogP contribution in [0.2, 0.25) is 5.02 Å². The highest BCUT2D eigenvalue weighted by Gasteiger charge is 2.10. The molecule has 0 unspecified atom stereocenters. The number of anilines is 1. The van der Waals surface area contributed by atoms with Gasteiger partial charge in [-0.25, -0.2) is 4.39 Å². The summed E-state index contributed by atoms with van der Waals surface area (Å²) in [6, 6.07) is 4.36. The zero-order valence-corrected chi connectivity index (χ0v) is 12.3. The largest absolute Gasteiger partial charge is 0.379 e. The molecule has 0 aliphatic rings. The molecule has 18 heavy (non-hydrogen) atoms. The number of aromatic nitrogens is 2. The highest BCUT2D eigenvalue weighted by Crippen LogP contribution is 2.23. The smallest absolute Gasteiger partial charge is 0.126 e. The van der Waals surface area contributed by atoms with E-state index in [-0.39, 0.29) is 5.82 Å². The third-order valence-corrected chi connectivity index (χ3v) is 3.83. The van der Waals surface area contributed by atoms with Gasteiger partial charge in [-0.1, -0.05) is 11.6 Å². The predicted molar refractivity (Wildman–Crippen MR) is 74.4 cm³/mol. The molecule has 1 aromatic heterocycles. The van der Waals surface area contributed by atoms with E-state index in [0.717, 1.165) is 15.9 Å². The van der Waals surface area contributed by atoms with Crippen LogP contribution >= 0.6 is 27.5 Å². The average Bonchev–Trinajstić information content (AvgIpc) is 2.50. The van der Waals surface area contributed by atoms with Crippen molar-refractivity contribution in [2.75, 3.05) is 5.32 Å². The second kappa shape index (κ2) is 5.28. The van der Waals surface area contributed by atoms with E-state index >= 15 is 0 Å². The van der Waals surface area contributed by atoms with Gasteiger partial charge >= 0.3 is 0 Å². The molecule has 0 aliphatic heterocycles. The lowest BCUT2D eigenvalue weighted by atomic mass is 10.3. The SMILES string of the molecule is Cc1nn(C)c(CNc2cc(F)cc(Cl)c2)c1Br. The Bertz CT molecular complexity index is 563. The molecule has 0 fully saturated rings. The zero-order valence-electron chi connectivity index (χ0n) is 9.97. The second-order valence-electron chi connectivity index (χ2n) is 3.98. The summed E-state index contributed by atoms with van der Waals surface area (Å²) in [7, 11) is 1.87. The Morgan fingerprint density at radius 3 is 2.72 bits per heavy atom. The number of hydrogen-bond donors (Lipinski definition) is 1. The molecule has 0 atom stereocenters. The molecule has 2 aromatic rings. The fourth-order valence-electron chi connectivity index (χ4n) is 1.71. The van der Waals surface area contributed by atoms with Crippen LogP contribution in [0.4, 0.5) is 10.1 Å². The van der Waals surface area contributed by atoms with Crippen LogP contribution in [0, 0.1) is 12.7 Å². The van der Waals surface area contributed by atoms with E-state index in [1.165, 1.54) is 12.1 Å². The number of halogens is 3. The van der Waals surface area contributed by atoms with Crippen molar-refractivity contribution in [3.05, 3.63) is 44.9 Å². The fraction of sp³-hybridized carbons (Fsp3) is 0.250. The number of benzene rings is 1. The molecule has 96 valence electrons. The normalized spacial score (nSPS) is 10.7. The average molecular weight is 333 g/mol. The molecular weight excluding hydrogens is 321 g/mol. The van der Waals surface area contributed by atoms with E-state index in [1.807, 2.05) is 14.0 Å². The Morgan fingerprint density at radius 2 is 2.17 bits per heavy atom. The van der Waals surface area contributed by atoms with Gasteiger partial charge < -0.3 is 5.32 Å². The first kappa shape index (κ1) is 13.4. The molecule has 0 spiro atoms. The van der Waals surface area contributed by atoms with Gasteiger partial charge in [0.25, 0.3) is 0 Å². The van der Waals surface area contributed by atoms with Gasteiger partial charge in [-0.3, -0.25) is 4.68 Å². The van der Waals surface area contributed by atoms with E-state index in [9.17, 15) is 4.39 Å². The molecule has 0 saturated carbocycles. The highest BCUT2D eigenvalue weighted by molar-refractivity contribution is 9.10. The molecule has 0 radical (unpaired) electrons. The van der Waals surface area contributed by atoms with Gasteiger partial charge in [-0.2, -0.15) is 5.10 Å². The Morgan fingerprint density at radius 1 is 1.44 bits per heavy atom. The van der Waals surface area contributed by atoms with Gasteiger partial charge in [0.1, 0.15) is 5.82 Å². The lowest BCUT2D eigenvalue weighted by molar-refractivity contribution is 0.628. The maximum atomic E-state index is 13.2. The monoisotopic (exact) mass is 331 g/mol. The van der Waals surface area contributed by atoms with Crippen LogP contribution in [0.3, 0.4) is 0 Å². The van der Waals surface area contributed by atoms with Crippen molar-refractivity contribution in [3.63, 3.8) is 0 Å². The van der Waals surface area contributed by atoms with Crippen LogP contribution in [0.15, 0.2) is 22.7 Å². The van der Waals surface area contributed by atoms with Crippen molar-refractivity contribution in [1.82, 2.24) is 9.78 Å². The third kappa shape index (κ3) is 2.84. The van der Waals surface area contributed by atoms with Crippen molar-refractivity contribution in [1.29, 1.82) is 0 Å². The summed E-state index contributed by atoms with van der Waals surface area (Å²) in [4.78, 5) is 0. The molecule has 6 heteroatoms. The first-order valence-corrected chi connectivity index (χ1v) is 6.52. The van der Waals surface area contributed by atoms with Crippen molar-refractivity contribution in [2.24, 2.45) is 7.05 Å². The van der Waals surface area contributed by atoms with Crippen molar-refractivity contribution < 1.29 is 4.39 Å². The summed E-state index contributed by atoms with van der Waals surface area (Å²) in [5.41, 5.74) is 2.56. The molecule has 2 rings (SSSR count). The lowest BCUT2D eigenvalue weighted by Gasteiger charge is -2.08. The van der Waals surface area contributed by atoms with Gasteiger partial charge in [0.2, 0.25) is 0 Å². The van der Waals surface area contributed by atoms with E-state index in [4.69, 9.17) is 11.6 Å². The van der Waals surface area contributed by atoms with Gasteiger partial charge in [0, 0.05) is 17.8 Å². The fourth-order valence-corrected chi connectivity index (χ4v) is 2.41.